The first-order valence-corrected chi connectivity index (χ1v) is 6.02. The zero-order chi connectivity index (χ0) is 13.8. The molecular weight excluding hydrogens is 244 g/mol. The van der Waals surface area contributed by atoms with Crippen molar-refractivity contribution in [2.75, 3.05) is 5.73 Å². The quantitative estimate of drug-likeness (QED) is 0.754. The standard InChI is InChI=1S/C12H16N6O/c1-3-9-4-8(5-10(13)17-9)12(19)16-7(2)11-14-6-15-18-11/h4-7H,3H2,1-2H3,(H2,13,17)(H,16,19)(H,14,15,18). The molecule has 4 N–H and O–H groups in total. The van der Waals surface area contributed by atoms with Gasteiger partial charge in [-0.25, -0.2) is 9.97 Å². The van der Waals surface area contributed by atoms with Crippen molar-refractivity contribution in [1.82, 2.24) is 25.5 Å². The number of rotatable bonds is 4. The first kappa shape index (κ1) is 13.0. The number of carbonyl (C=O) groups excluding carboxylic acids is 1. The first-order valence-electron chi connectivity index (χ1n) is 6.02. The Labute approximate surface area is 110 Å². The largest absolute Gasteiger partial charge is 0.384 e. The van der Waals surface area contributed by atoms with Crippen LogP contribution in [0.3, 0.4) is 0 Å². The lowest BCUT2D eigenvalue weighted by Crippen LogP contribution is -2.27. The fraction of sp³-hybridized carbons (Fsp3) is 0.333. The van der Waals surface area contributed by atoms with Gasteiger partial charge in [-0.15, -0.1) is 0 Å². The number of amides is 1. The van der Waals surface area contributed by atoms with Gasteiger partial charge in [-0.1, -0.05) is 6.92 Å². The van der Waals surface area contributed by atoms with Gasteiger partial charge in [0.05, 0.1) is 6.04 Å². The molecule has 2 rings (SSSR count). The zero-order valence-corrected chi connectivity index (χ0v) is 10.8. The van der Waals surface area contributed by atoms with Gasteiger partial charge < -0.3 is 11.1 Å². The number of aryl methyl sites for hydroxylation is 1. The molecule has 0 aliphatic carbocycles. The van der Waals surface area contributed by atoms with E-state index in [1.54, 1.807) is 12.1 Å². The smallest absolute Gasteiger partial charge is 0.252 e. The SMILES string of the molecule is CCc1cc(C(=O)NC(C)c2ncn[nH]2)cc(N)n1. The van der Waals surface area contributed by atoms with E-state index in [2.05, 4.69) is 25.5 Å². The molecule has 0 aliphatic heterocycles. The van der Waals surface area contributed by atoms with Gasteiger partial charge in [0, 0.05) is 11.3 Å². The van der Waals surface area contributed by atoms with Crippen LogP contribution in [-0.2, 0) is 6.42 Å². The lowest BCUT2D eigenvalue weighted by atomic mass is 10.1. The summed E-state index contributed by atoms with van der Waals surface area (Å²) in [7, 11) is 0. The Bertz CT molecular complexity index is 566. The third-order valence-corrected chi connectivity index (χ3v) is 2.71. The summed E-state index contributed by atoms with van der Waals surface area (Å²) < 4.78 is 0. The third kappa shape index (κ3) is 3.06. The Morgan fingerprint density at radius 3 is 2.95 bits per heavy atom. The number of aromatic amines is 1. The maximum Gasteiger partial charge on any atom is 0.252 e. The molecule has 0 fully saturated rings. The molecule has 7 heteroatoms. The van der Waals surface area contributed by atoms with E-state index >= 15 is 0 Å². The second-order valence-electron chi connectivity index (χ2n) is 4.19. The molecule has 1 amide bonds. The number of nitrogens with one attached hydrogen (secondary N) is 2. The van der Waals surface area contributed by atoms with E-state index in [1.165, 1.54) is 6.33 Å². The van der Waals surface area contributed by atoms with Crippen LogP contribution in [0.4, 0.5) is 5.82 Å². The van der Waals surface area contributed by atoms with E-state index in [-0.39, 0.29) is 11.9 Å². The van der Waals surface area contributed by atoms with Crippen LogP contribution < -0.4 is 11.1 Å². The molecule has 1 unspecified atom stereocenters. The predicted molar refractivity (Wildman–Crippen MR) is 70.3 cm³/mol. The van der Waals surface area contributed by atoms with Crippen LogP contribution in [0.25, 0.3) is 0 Å². The van der Waals surface area contributed by atoms with E-state index in [0.29, 0.717) is 17.2 Å². The number of carbonyl (C=O) groups is 1. The van der Waals surface area contributed by atoms with Crippen LogP contribution in [0.1, 0.15) is 41.8 Å². The number of pyridine rings is 1. The van der Waals surface area contributed by atoms with E-state index in [0.717, 1.165) is 12.1 Å². The van der Waals surface area contributed by atoms with Crippen molar-refractivity contribution < 1.29 is 4.79 Å². The van der Waals surface area contributed by atoms with Gasteiger partial charge in [-0.3, -0.25) is 9.89 Å². The van der Waals surface area contributed by atoms with Crippen LogP contribution >= 0.6 is 0 Å². The maximum absolute atomic E-state index is 12.1. The summed E-state index contributed by atoms with van der Waals surface area (Å²) in [6, 6.07) is 3.04. The van der Waals surface area contributed by atoms with Crippen molar-refractivity contribution in [2.24, 2.45) is 0 Å². The minimum Gasteiger partial charge on any atom is -0.384 e. The summed E-state index contributed by atoms with van der Waals surface area (Å²) in [4.78, 5) is 20.2. The van der Waals surface area contributed by atoms with Gasteiger partial charge in [-0.2, -0.15) is 5.10 Å². The highest BCUT2D eigenvalue weighted by atomic mass is 16.1. The molecule has 2 aromatic heterocycles. The summed E-state index contributed by atoms with van der Waals surface area (Å²) in [5, 5.41) is 9.28. The van der Waals surface area contributed by atoms with Crippen LogP contribution in [-0.4, -0.2) is 26.1 Å². The normalized spacial score (nSPS) is 12.1. The number of nitrogen functional groups attached to an aromatic ring is 1. The summed E-state index contributed by atoms with van der Waals surface area (Å²) in [5.74, 6) is 0.732. The number of aromatic nitrogens is 4. The van der Waals surface area contributed by atoms with Crippen molar-refractivity contribution >= 4 is 11.7 Å². The molecule has 100 valence electrons. The molecule has 0 saturated carbocycles. The van der Waals surface area contributed by atoms with Crippen molar-refractivity contribution in [1.29, 1.82) is 0 Å². The fourth-order valence-electron chi connectivity index (χ4n) is 1.69. The third-order valence-electron chi connectivity index (χ3n) is 2.71. The molecule has 0 radical (unpaired) electrons. The van der Waals surface area contributed by atoms with E-state index in [9.17, 15) is 4.79 Å². The molecule has 0 aromatic carbocycles. The molecule has 1 atom stereocenters. The molecule has 19 heavy (non-hydrogen) atoms. The highest BCUT2D eigenvalue weighted by molar-refractivity contribution is 5.95. The van der Waals surface area contributed by atoms with E-state index in [1.807, 2.05) is 13.8 Å². The Morgan fingerprint density at radius 1 is 1.53 bits per heavy atom. The number of nitrogens with two attached hydrogens (primary N) is 1. The predicted octanol–water partition coefficient (Wildman–Crippen LogP) is 0.835. The van der Waals surface area contributed by atoms with Gasteiger partial charge >= 0.3 is 0 Å². The minimum atomic E-state index is -0.255. The Balaban J connectivity index is 2.13. The van der Waals surface area contributed by atoms with Crippen LogP contribution in [0.15, 0.2) is 18.5 Å². The van der Waals surface area contributed by atoms with Gasteiger partial charge in [0.1, 0.15) is 18.0 Å². The first-order chi connectivity index (χ1) is 9.10. The molecule has 0 aliphatic rings. The Morgan fingerprint density at radius 2 is 2.32 bits per heavy atom. The average molecular weight is 260 g/mol. The minimum absolute atomic E-state index is 0.215. The number of hydrogen-bond donors (Lipinski definition) is 3. The van der Waals surface area contributed by atoms with Crippen molar-refractivity contribution in [3.8, 4) is 0 Å². The Hall–Kier alpha value is -2.44. The zero-order valence-electron chi connectivity index (χ0n) is 10.8. The summed E-state index contributed by atoms with van der Waals surface area (Å²) in [6.07, 6.45) is 2.13. The van der Waals surface area contributed by atoms with Gasteiger partial charge in [0.15, 0.2) is 0 Å². The number of nitrogens with zero attached hydrogens (tertiary/aromatic N) is 3. The van der Waals surface area contributed by atoms with Gasteiger partial charge in [-0.05, 0) is 25.5 Å². The lowest BCUT2D eigenvalue weighted by molar-refractivity contribution is 0.0938. The summed E-state index contributed by atoms with van der Waals surface area (Å²) in [5.41, 5.74) is 6.96. The highest BCUT2D eigenvalue weighted by Crippen LogP contribution is 2.11. The van der Waals surface area contributed by atoms with E-state index in [4.69, 9.17) is 5.73 Å². The van der Waals surface area contributed by atoms with Crippen molar-refractivity contribution in [3.05, 3.63) is 35.5 Å². The molecular formula is C12H16N6O. The second-order valence-corrected chi connectivity index (χ2v) is 4.19. The number of anilines is 1. The topological polar surface area (TPSA) is 110 Å². The molecule has 0 spiro atoms. The van der Waals surface area contributed by atoms with Crippen molar-refractivity contribution in [3.63, 3.8) is 0 Å². The average Bonchev–Trinajstić information content (AvgIpc) is 2.91. The second kappa shape index (κ2) is 5.47. The van der Waals surface area contributed by atoms with Crippen LogP contribution in [0, 0.1) is 0 Å². The van der Waals surface area contributed by atoms with Crippen LogP contribution in [0.5, 0.6) is 0 Å². The highest BCUT2D eigenvalue weighted by Gasteiger charge is 2.14. The fourth-order valence-corrected chi connectivity index (χ4v) is 1.69. The van der Waals surface area contributed by atoms with Crippen LogP contribution in [0.2, 0.25) is 0 Å². The Kier molecular flexibility index (Phi) is 3.74. The van der Waals surface area contributed by atoms with Crippen molar-refractivity contribution in [2.45, 2.75) is 26.3 Å². The summed E-state index contributed by atoms with van der Waals surface area (Å²) >= 11 is 0. The monoisotopic (exact) mass is 260 g/mol. The molecule has 0 saturated heterocycles. The van der Waals surface area contributed by atoms with Gasteiger partial charge in [0.25, 0.3) is 5.91 Å². The maximum atomic E-state index is 12.1. The molecule has 2 aromatic rings. The molecule has 7 nitrogen and oxygen atoms in total. The van der Waals surface area contributed by atoms with Gasteiger partial charge in [0.2, 0.25) is 0 Å². The summed E-state index contributed by atoms with van der Waals surface area (Å²) in [6.45, 7) is 3.78. The number of H-pyrrole nitrogens is 1. The lowest BCUT2D eigenvalue weighted by Gasteiger charge is -2.11. The van der Waals surface area contributed by atoms with E-state index < -0.39 is 0 Å². The number of hydrogen-bond acceptors (Lipinski definition) is 5. The molecule has 2 heterocycles. The molecule has 0 bridgehead atoms.